The SMILES string of the molecule is COc1cc(C(=O)N2C[C@@H](C)[C@H](C(=O)O)C2)ccc1Cl. The number of ether oxygens (including phenoxy) is 1. The van der Waals surface area contributed by atoms with E-state index in [2.05, 4.69) is 0 Å². The van der Waals surface area contributed by atoms with Crippen molar-refractivity contribution in [3.8, 4) is 5.75 Å². The van der Waals surface area contributed by atoms with E-state index >= 15 is 0 Å². The van der Waals surface area contributed by atoms with Gasteiger partial charge in [0.05, 0.1) is 18.1 Å². The van der Waals surface area contributed by atoms with Crippen molar-refractivity contribution in [2.75, 3.05) is 20.2 Å². The summed E-state index contributed by atoms with van der Waals surface area (Å²) in [6.07, 6.45) is 0. The summed E-state index contributed by atoms with van der Waals surface area (Å²) in [5, 5.41) is 9.53. The van der Waals surface area contributed by atoms with E-state index in [0.29, 0.717) is 22.9 Å². The summed E-state index contributed by atoms with van der Waals surface area (Å²) in [6.45, 7) is 2.52. The number of hydrogen-bond donors (Lipinski definition) is 1. The number of likely N-dealkylation sites (tertiary alicyclic amines) is 1. The Labute approximate surface area is 122 Å². The maximum Gasteiger partial charge on any atom is 0.308 e. The number of hydrogen-bond acceptors (Lipinski definition) is 3. The van der Waals surface area contributed by atoms with E-state index in [-0.39, 0.29) is 18.4 Å². The molecule has 20 heavy (non-hydrogen) atoms. The van der Waals surface area contributed by atoms with Gasteiger partial charge in [-0.25, -0.2) is 0 Å². The third kappa shape index (κ3) is 2.72. The number of aliphatic carboxylic acids is 1. The van der Waals surface area contributed by atoms with E-state index in [1.165, 1.54) is 7.11 Å². The van der Waals surface area contributed by atoms with Crippen LogP contribution in [0.25, 0.3) is 0 Å². The highest BCUT2D eigenvalue weighted by atomic mass is 35.5. The van der Waals surface area contributed by atoms with Gasteiger partial charge in [0.25, 0.3) is 5.91 Å². The summed E-state index contributed by atoms with van der Waals surface area (Å²) in [5.74, 6) is -1.18. The molecule has 2 atom stereocenters. The number of carbonyl (C=O) groups excluding carboxylic acids is 1. The maximum absolute atomic E-state index is 12.4. The van der Waals surface area contributed by atoms with Gasteiger partial charge in [-0.05, 0) is 24.1 Å². The second-order valence-electron chi connectivity index (χ2n) is 4.98. The molecule has 1 aliphatic rings. The zero-order valence-electron chi connectivity index (χ0n) is 11.3. The first-order valence-electron chi connectivity index (χ1n) is 6.29. The lowest BCUT2D eigenvalue weighted by atomic mass is 9.99. The third-order valence-electron chi connectivity index (χ3n) is 3.61. The second-order valence-corrected chi connectivity index (χ2v) is 5.39. The minimum Gasteiger partial charge on any atom is -0.495 e. The fourth-order valence-corrected chi connectivity index (χ4v) is 2.62. The largest absolute Gasteiger partial charge is 0.495 e. The minimum atomic E-state index is -0.860. The lowest BCUT2D eigenvalue weighted by molar-refractivity contribution is -0.142. The van der Waals surface area contributed by atoms with Crippen LogP contribution in [0.5, 0.6) is 5.75 Å². The smallest absolute Gasteiger partial charge is 0.308 e. The Morgan fingerprint density at radius 1 is 1.40 bits per heavy atom. The predicted molar refractivity (Wildman–Crippen MR) is 74.2 cm³/mol. The molecule has 1 aromatic rings. The van der Waals surface area contributed by atoms with Crippen molar-refractivity contribution in [3.05, 3.63) is 28.8 Å². The number of carbonyl (C=O) groups is 2. The van der Waals surface area contributed by atoms with Gasteiger partial charge in [-0.3, -0.25) is 9.59 Å². The molecule has 1 N–H and O–H groups in total. The summed E-state index contributed by atoms with van der Waals surface area (Å²) in [4.78, 5) is 25.0. The molecule has 0 radical (unpaired) electrons. The Morgan fingerprint density at radius 2 is 2.10 bits per heavy atom. The highest BCUT2D eigenvalue weighted by molar-refractivity contribution is 6.32. The standard InChI is InChI=1S/C14H16ClNO4/c1-8-6-16(7-10(8)14(18)19)13(17)9-3-4-11(15)12(5-9)20-2/h3-5,8,10H,6-7H2,1-2H3,(H,18,19)/t8-,10-/m1/s1. The molecule has 2 rings (SSSR count). The number of halogens is 1. The first-order valence-corrected chi connectivity index (χ1v) is 6.67. The van der Waals surface area contributed by atoms with Crippen LogP contribution in [-0.2, 0) is 4.79 Å². The van der Waals surface area contributed by atoms with Crippen LogP contribution in [0.4, 0.5) is 0 Å². The van der Waals surface area contributed by atoms with Crippen LogP contribution in [0.1, 0.15) is 17.3 Å². The van der Waals surface area contributed by atoms with Crippen molar-refractivity contribution in [2.45, 2.75) is 6.92 Å². The van der Waals surface area contributed by atoms with Crippen LogP contribution in [-0.4, -0.2) is 42.1 Å². The third-order valence-corrected chi connectivity index (χ3v) is 3.93. The predicted octanol–water partition coefficient (Wildman–Crippen LogP) is 2.14. The highest BCUT2D eigenvalue weighted by Crippen LogP contribution is 2.28. The second kappa shape index (κ2) is 5.71. The lowest BCUT2D eigenvalue weighted by Gasteiger charge is -2.16. The van der Waals surface area contributed by atoms with E-state index in [9.17, 15) is 9.59 Å². The number of benzene rings is 1. The molecule has 1 heterocycles. The Kier molecular flexibility index (Phi) is 4.18. The van der Waals surface area contributed by atoms with E-state index < -0.39 is 11.9 Å². The van der Waals surface area contributed by atoms with Crippen molar-refractivity contribution in [1.29, 1.82) is 0 Å². The Morgan fingerprint density at radius 3 is 2.65 bits per heavy atom. The van der Waals surface area contributed by atoms with E-state index in [4.69, 9.17) is 21.4 Å². The van der Waals surface area contributed by atoms with Crippen LogP contribution in [0.3, 0.4) is 0 Å². The van der Waals surface area contributed by atoms with Crippen LogP contribution in [0.15, 0.2) is 18.2 Å². The van der Waals surface area contributed by atoms with Gasteiger partial charge in [0.2, 0.25) is 0 Å². The molecule has 1 fully saturated rings. The van der Waals surface area contributed by atoms with Gasteiger partial charge in [0.15, 0.2) is 0 Å². The zero-order chi connectivity index (χ0) is 14.9. The van der Waals surface area contributed by atoms with Gasteiger partial charge in [-0.2, -0.15) is 0 Å². The summed E-state index contributed by atoms with van der Waals surface area (Å²) in [6, 6.07) is 4.79. The van der Waals surface area contributed by atoms with E-state index in [0.717, 1.165) is 0 Å². The van der Waals surface area contributed by atoms with Gasteiger partial charge in [-0.15, -0.1) is 0 Å². The molecular weight excluding hydrogens is 282 g/mol. The fourth-order valence-electron chi connectivity index (χ4n) is 2.43. The van der Waals surface area contributed by atoms with Gasteiger partial charge in [-0.1, -0.05) is 18.5 Å². The van der Waals surface area contributed by atoms with Crippen molar-refractivity contribution in [1.82, 2.24) is 4.90 Å². The van der Waals surface area contributed by atoms with Crippen LogP contribution < -0.4 is 4.74 Å². The van der Waals surface area contributed by atoms with Crippen molar-refractivity contribution in [3.63, 3.8) is 0 Å². The molecule has 1 amide bonds. The van der Waals surface area contributed by atoms with Crippen molar-refractivity contribution < 1.29 is 19.4 Å². The first-order chi connectivity index (χ1) is 9.43. The van der Waals surface area contributed by atoms with Crippen molar-refractivity contribution >= 4 is 23.5 Å². The Bertz CT molecular complexity index is 546. The molecule has 6 heteroatoms. The number of nitrogens with zero attached hydrogens (tertiary/aromatic N) is 1. The molecule has 0 aliphatic carbocycles. The molecule has 0 aromatic heterocycles. The molecule has 108 valence electrons. The molecule has 5 nitrogen and oxygen atoms in total. The molecule has 0 saturated carbocycles. The molecule has 0 bridgehead atoms. The number of methoxy groups -OCH3 is 1. The van der Waals surface area contributed by atoms with Gasteiger partial charge in [0.1, 0.15) is 5.75 Å². The monoisotopic (exact) mass is 297 g/mol. The average Bonchev–Trinajstić information content (AvgIpc) is 2.80. The van der Waals surface area contributed by atoms with Crippen LogP contribution in [0.2, 0.25) is 5.02 Å². The number of carboxylic acid groups (broad SMARTS) is 1. The summed E-state index contributed by atoms with van der Waals surface area (Å²) >= 11 is 5.92. The minimum absolute atomic E-state index is 0.0503. The van der Waals surface area contributed by atoms with E-state index in [1.807, 2.05) is 6.92 Å². The molecule has 0 unspecified atom stereocenters. The molecule has 1 saturated heterocycles. The first kappa shape index (κ1) is 14.7. The quantitative estimate of drug-likeness (QED) is 0.928. The summed E-state index contributed by atoms with van der Waals surface area (Å²) in [7, 11) is 1.48. The van der Waals surface area contributed by atoms with Crippen LogP contribution >= 0.6 is 11.6 Å². The molecule has 1 aliphatic heterocycles. The number of amides is 1. The fraction of sp³-hybridized carbons (Fsp3) is 0.429. The Hall–Kier alpha value is -1.75. The average molecular weight is 298 g/mol. The zero-order valence-corrected chi connectivity index (χ0v) is 12.1. The number of rotatable bonds is 3. The molecule has 0 spiro atoms. The van der Waals surface area contributed by atoms with E-state index in [1.54, 1.807) is 23.1 Å². The van der Waals surface area contributed by atoms with Crippen LogP contribution in [0, 0.1) is 11.8 Å². The van der Waals surface area contributed by atoms with Crippen molar-refractivity contribution in [2.24, 2.45) is 11.8 Å². The highest BCUT2D eigenvalue weighted by Gasteiger charge is 2.37. The molecule has 1 aromatic carbocycles. The Balaban J connectivity index is 2.18. The normalized spacial score (nSPS) is 21.9. The lowest BCUT2D eigenvalue weighted by Crippen LogP contribution is -2.29. The van der Waals surface area contributed by atoms with Gasteiger partial charge in [0, 0.05) is 18.7 Å². The number of carboxylic acids is 1. The topological polar surface area (TPSA) is 66.8 Å². The van der Waals surface area contributed by atoms with Gasteiger partial charge < -0.3 is 14.7 Å². The summed E-state index contributed by atoms with van der Waals surface area (Å²) in [5.41, 5.74) is 0.449. The summed E-state index contributed by atoms with van der Waals surface area (Å²) < 4.78 is 5.08. The van der Waals surface area contributed by atoms with Gasteiger partial charge >= 0.3 is 5.97 Å². The molecular formula is C14H16ClNO4. The maximum atomic E-state index is 12.4.